The Morgan fingerprint density at radius 1 is 0.854 bits per heavy atom. The minimum absolute atomic E-state index is 0.00691. The molecular weight excluding hydrogens is 583 g/mol. The van der Waals surface area contributed by atoms with Crippen molar-refractivity contribution in [3.05, 3.63) is 100 Å². The lowest BCUT2D eigenvalue weighted by Gasteiger charge is -2.34. The zero-order valence-electron chi connectivity index (χ0n) is 23.6. The number of benzene rings is 3. The van der Waals surface area contributed by atoms with Crippen LogP contribution < -0.4 is 9.62 Å². The van der Waals surface area contributed by atoms with E-state index in [-0.39, 0.29) is 24.8 Å². The summed E-state index contributed by atoms with van der Waals surface area (Å²) >= 11 is 12.4. The molecule has 0 aliphatic rings. The molecule has 2 amide bonds. The molecule has 0 saturated carbocycles. The van der Waals surface area contributed by atoms with E-state index >= 15 is 0 Å². The predicted molar refractivity (Wildman–Crippen MR) is 165 cm³/mol. The number of amides is 2. The molecule has 0 unspecified atom stereocenters. The van der Waals surface area contributed by atoms with Gasteiger partial charge in [0.05, 0.1) is 15.7 Å². The lowest BCUT2D eigenvalue weighted by atomic mass is 10.0. The van der Waals surface area contributed by atoms with Gasteiger partial charge in [-0.2, -0.15) is 12.7 Å². The summed E-state index contributed by atoms with van der Waals surface area (Å²) in [6.45, 7) is 3.87. The molecule has 0 radical (unpaired) electrons. The van der Waals surface area contributed by atoms with Gasteiger partial charge in [-0.05, 0) is 41.3 Å². The lowest BCUT2D eigenvalue weighted by molar-refractivity contribution is -0.140. The third-order valence-corrected chi connectivity index (χ3v) is 8.91. The van der Waals surface area contributed by atoms with Crippen molar-refractivity contribution in [2.24, 2.45) is 5.92 Å². The average Bonchev–Trinajstić information content (AvgIpc) is 2.94. The topological polar surface area (TPSA) is 90.0 Å². The molecule has 0 aliphatic heterocycles. The number of halogens is 2. The molecule has 0 bridgehead atoms. The summed E-state index contributed by atoms with van der Waals surface area (Å²) in [6.07, 6.45) is 0.226. The highest BCUT2D eigenvalue weighted by molar-refractivity contribution is 7.90. The molecule has 0 heterocycles. The monoisotopic (exact) mass is 618 g/mol. The Morgan fingerprint density at radius 3 is 2.02 bits per heavy atom. The van der Waals surface area contributed by atoms with Crippen molar-refractivity contribution in [3.8, 4) is 0 Å². The van der Waals surface area contributed by atoms with E-state index in [0.29, 0.717) is 27.8 Å². The SMILES string of the molecule is CC(C)CNC(=O)[C@@H](Cc1ccccc1)N(Cc1ccc(Cl)c(Cl)c1)C(=O)CN(c1ccccc1)S(=O)(=O)N(C)C. The van der Waals surface area contributed by atoms with Crippen LogP contribution in [0.2, 0.25) is 10.0 Å². The number of carbonyl (C=O) groups is 2. The molecule has 41 heavy (non-hydrogen) atoms. The van der Waals surface area contributed by atoms with Gasteiger partial charge < -0.3 is 10.2 Å². The number of rotatable bonds is 13. The number of nitrogens with zero attached hydrogens (tertiary/aromatic N) is 3. The number of hydrogen-bond donors (Lipinski definition) is 1. The fourth-order valence-corrected chi connectivity index (χ4v) is 5.50. The van der Waals surface area contributed by atoms with Crippen LogP contribution in [-0.2, 0) is 32.8 Å². The molecule has 3 aromatic rings. The van der Waals surface area contributed by atoms with Crippen molar-refractivity contribution >= 4 is 50.9 Å². The maximum absolute atomic E-state index is 14.2. The first-order valence-electron chi connectivity index (χ1n) is 13.2. The quantitative estimate of drug-likeness (QED) is 0.291. The van der Waals surface area contributed by atoms with Gasteiger partial charge in [0.1, 0.15) is 12.6 Å². The van der Waals surface area contributed by atoms with E-state index < -0.39 is 28.7 Å². The number of hydrogen-bond acceptors (Lipinski definition) is 4. The molecule has 3 aromatic carbocycles. The van der Waals surface area contributed by atoms with E-state index in [1.54, 1.807) is 48.5 Å². The van der Waals surface area contributed by atoms with Crippen molar-refractivity contribution in [2.45, 2.75) is 32.9 Å². The largest absolute Gasteiger partial charge is 0.354 e. The Bertz CT molecular complexity index is 1420. The van der Waals surface area contributed by atoms with Crippen LogP contribution in [0.25, 0.3) is 0 Å². The normalized spacial score (nSPS) is 12.3. The van der Waals surface area contributed by atoms with Crippen LogP contribution in [0.15, 0.2) is 78.9 Å². The number of carbonyl (C=O) groups excluding carboxylic acids is 2. The fraction of sp³-hybridized carbons (Fsp3) is 0.333. The van der Waals surface area contributed by atoms with Crippen LogP contribution in [0.3, 0.4) is 0 Å². The average molecular weight is 620 g/mol. The summed E-state index contributed by atoms with van der Waals surface area (Å²) in [5, 5.41) is 3.62. The van der Waals surface area contributed by atoms with Gasteiger partial charge in [0.15, 0.2) is 0 Å². The third kappa shape index (κ3) is 8.94. The van der Waals surface area contributed by atoms with E-state index in [1.807, 2.05) is 44.2 Å². The molecule has 0 aliphatic carbocycles. The Balaban J connectivity index is 2.09. The highest BCUT2D eigenvalue weighted by Gasteiger charge is 2.34. The van der Waals surface area contributed by atoms with Gasteiger partial charge in [-0.25, -0.2) is 4.31 Å². The zero-order valence-corrected chi connectivity index (χ0v) is 26.0. The first kappa shape index (κ1) is 32.4. The van der Waals surface area contributed by atoms with Gasteiger partial charge in [0, 0.05) is 33.6 Å². The number of para-hydroxylation sites is 1. The number of anilines is 1. The van der Waals surface area contributed by atoms with E-state index in [4.69, 9.17) is 23.2 Å². The van der Waals surface area contributed by atoms with Gasteiger partial charge >= 0.3 is 10.2 Å². The molecule has 1 N–H and O–H groups in total. The van der Waals surface area contributed by atoms with Crippen LogP contribution >= 0.6 is 23.2 Å². The molecule has 220 valence electrons. The Morgan fingerprint density at radius 2 is 1.46 bits per heavy atom. The minimum atomic E-state index is -4.05. The second-order valence-electron chi connectivity index (χ2n) is 10.2. The molecule has 3 rings (SSSR count). The van der Waals surface area contributed by atoms with Crippen LogP contribution in [-0.4, -0.2) is 62.7 Å². The Labute approximate surface area is 253 Å². The third-order valence-electron chi connectivity index (χ3n) is 6.36. The first-order valence-corrected chi connectivity index (χ1v) is 15.4. The molecular formula is C30H36Cl2N4O4S. The van der Waals surface area contributed by atoms with E-state index in [2.05, 4.69) is 5.32 Å². The van der Waals surface area contributed by atoms with Gasteiger partial charge in [-0.15, -0.1) is 0 Å². The minimum Gasteiger partial charge on any atom is -0.354 e. The molecule has 0 saturated heterocycles. The molecule has 0 aromatic heterocycles. The predicted octanol–water partition coefficient (Wildman–Crippen LogP) is 5.02. The van der Waals surface area contributed by atoms with Crippen molar-refractivity contribution in [3.63, 3.8) is 0 Å². The standard InChI is InChI=1S/C30H36Cl2N4O4S/c1-22(2)19-33-30(38)28(18-23-11-7-5-8-12-23)35(20-24-15-16-26(31)27(32)17-24)29(37)21-36(41(39,40)34(3)4)25-13-9-6-10-14-25/h5-17,22,28H,18-21H2,1-4H3,(H,33,38)/t28-/m1/s1. The summed E-state index contributed by atoms with van der Waals surface area (Å²) in [6, 6.07) is 21.8. The maximum atomic E-state index is 14.2. The van der Waals surface area contributed by atoms with Crippen molar-refractivity contribution in [1.82, 2.24) is 14.5 Å². The first-order chi connectivity index (χ1) is 19.4. The molecule has 8 nitrogen and oxygen atoms in total. The second-order valence-corrected chi connectivity index (χ2v) is 13.1. The van der Waals surface area contributed by atoms with Crippen LogP contribution in [0, 0.1) is 5.92 Å². The molecule has 0 fully saturated rings. The van der Waals surface area contributed by atoms with Crippen molar-refractivity contribution in [1.29, 1.82) is 0 Å². The van der Waals surface area contributed by atoms with Crippen LogP contribution in [0.5, 0.6) is 0 Å². The van der Waals surface area contributed by atoms with Gasteiger partial charge in [-0.1, -0.05) is 91.6 Å². The lowest BCUT2D eigenvalue weighted by Crippen LogP contribution is -2.54. The second kappa shape index (κ2) is 14.7. The summed E-state index contributed by atoms with van der Waals surface area (Å²) < 4.78 is 28.8. The van der Waals surface area contributed by atoms with Crippen LogP contribution in [0.1, 0.15) is 25.0 Å². The molecule has 1 atom stereocenters. The van der Waals surface area contributed by atoms with Gasteiger partial charge in [0.2, 0.25) is 11.8 Å². The summed E-state index contributed by atoms with van der Waals surface area (Å²) in [4.78, 5) is 29.3. The van der Waals surface area contributed by atoms with E-state index in [9.17, 15) is 18.0 Å². The van der Waals surface area contributed by atoms with E-state index in [1.165, 1.54) is 19.0 Å². The Hall–Kier alpha value is -3.11. The maximum Gasteiger partial charge on any atom is 0.304 e. The Kier molecular flexibility index (Phi) is 11.6. The summed E-state index contributed by atoms with van der Waals surface area (Å²) in [5.41, 5.74) is 1.82. The van der Waals surface area contributed by atoms with Gasteiger partial charge in [0.25, 0.3) is 0 Å². The van der Waals surface area contributed by atoms with Gasteiger partial charge in [-0.3, -0.25) is 9.59 Å². The van der Waals surface area contributed by atoms with Crippen molar-refractivity contribution < 1.29 is 18.0 Å². The highest BCUT2D eigenvalue weighted by Crippen LogP contribution is 2.25. The number of nitrogens with one attached hydrogen (secondary N) is 1. The van der Waals surface area contributed by atoms with Crippen LogP contribution in [0.4, 0.5) is 5.69 Å². The smallest absolute Gasteiger partial charge is 0.304 e. The zero-order chi connectivity index (χ0) is 30.2. The van der Waals surface area contributed by atoms with Crippen molar-refractivity contribution in [2.75, 3.05) is 31.5 Å². The van der Waals surface area contributed by atoms with E-state index in [0.717, 1.165) is 14.2 Å². The molecule has 11 heteroatoms. The summed E-state index contributed by atoms with van der Waals surface area (Å²) in [7, 11) is -1.24. The molecule has 0 spiro atoms. The highest BCUT2D eigenvalue weighted by atomic mass is 35.5. The fourth-order valence-electron chi connectivity index (χ4n) is 4.12. The summed E-state index contributed by atoms with van der Waals surface area (Å²) in [5.74, 6) is -0.696.